The highest BCUT2D eigenvalue weighted by molar-refractivity contribution is 5.93. The first-order valence-electron chi connectivity index (χ1n) is 8.21. The van der Waals surface area contributed by atoms with Crippen molar-refractivity contribution in [1.82, 2.24) is 0 Å². The zero-order valence-corrected chi connectivity index (χ0v) is 13.9. The van der Waals surface area contributed by atoms with Crippen molar-refractivity contribution >= 4 is 11.9 Å². The van der Waals surface area contributed by atoms with Crippen LogP contribution in [0.15, 0.2) is 54.6 Å². The predicted octanol–water partition coefficient (Wildman–Crippen LogP) is 4.18. The maximum Gasteiger partial charge on any atom is 0.341 e. The smallest absolute Gasteiger partial charge is 0.341 e. The zero-order chi connectivity index (χ0) is 17.2. The van der Waals surface area contributed by atoms with Crippen LogP contribution in [-0.2, 0) is 16.0 Å². The van der Waals surface area contributed by atoms with E-state index < -0.39 is 5.97 Å². The summed E-state index contributed by atoms with van der Waals surface area (Å²) in [5.41, 5.74) is 1.54. The molecular formula is C20H22O4. The van der Waals surface area contributed by atoms with Crippen LogP contribution in [0, 0.1) is 0 Å². The van der Waals surface area contributed by atoms with Crippen molar-refractivity contribution < 1.29 is 19.1 Å². The Bertz CT molecular complexity index is 664. The Labute approximate surface area is 142 Å². The first-order chi connectivity index (χ1) is 11.7. The molecule has 0 saturated carbocycles. The number of rotatable bonds is 8. The van der Waals surface area contributed by atoms with E-state index in [1.54, 1.807) is 31.2 Å². The number of benzene rings is 2. The molecule has 24 heavy (non-hydrogen) atoms. The van der Waals surface area contributed by atoms with Gasteiger partial charge in [0.2, 0.25) is 0 Å². The lowest BCUT2D eigenvalue weighted by atomic mass is 10.1. The molecule has 126 valence electrons. The fraction of sp³-hybridized carbons (Fsp3) is 0.300. The number of aryl methyl sites for hydroxylation is 1. The van der Waals surface area contributed by atoms with Gasteiger partial charge in [-0.1, -0.05) is 42.5 Å². The van der Waals surface area contributed by atoms with Crippen molar-refractivity contribution in [2.45, 2.75) is 32.6 Å². The number of para-hydroxylation sites is 1. The SMILES string of the molecule is CCOC(=O)c1ccccc1OC(=O)CCCCc1ccccc1. The van der Waals surface area contributed by atoms with Crippen LogP contribution in [0.4, 0.5) is 0 Å². The number of hydrogen-bond donors (Lipinski definition) is 0. The summed E-state index contributed by atoms with van der Waals surface area (Å²) >= 11 is 0. The van der Waals surface area contributed by atoms with E-state index in [4.69, 9.17) is 9.47 Å². The van der Waals surface area contributed by atoms with Crippen LogP contribution in [0.25, 0.3) is 0 Å². The van der Waals surface area contributed by atoms with E-state index in [1.165, 1.54) is 5.56 Å². The number of ether oxygens (including phenoxy) is 2. The quantitative estimate of drug-likeness (QED) is 0.415. The van der Waals surface area contributed by atoms with Crippen molar-refractivity contribution in [2.24, 2.45) is 0 Å². The largest absolute Gasteiger partial charge is 0.462 e. The van der Waals surface area contributed by atoms with Gasteiger partial charge in [-0.15, -0.1) is 0 Å². The van der Waals surface area contributed by atoms with Crippen molar-refractivity contribution in [3.8, 4) is 5.75 Å². The summed E-state index contributed by atoms with van der Waals surface area (Å²) in [5.74, 6) is -0.561. The molecule has 0 aliphatic rings. The van der Waals surface area contributed by atoms with Crippen molar-refractivity contribution in [3.63, 3.8) is 0 Å². The lowest BCUT2D eigenvalue weighted by Crippen LogP contribution is -2.12. The summed E-state index contributed by atoms with van der Waals surface area (Å²) in [6, 6.07) is 16.8. The molecule has 0 bridgehead atoms. The van der Waals surface area contributed by atoms with Gasteiger partial charge in [-0.3, -0.25) is 4.79 Å². The predicted molar refractivity (Wildman–Crippen MR) is 92.0 cm³/mol. The molecule has 2 aromatic carbocycles. The van der Waals surface area contributed by atoms with Gasteiger partial charge in [0.15, 0.2) is 0 Å². The van der Waals surface area contributed by atoms with Gasteiger partial charge in [0.05, 0.1) is 6.61 Å². The van der Waals surface area contributed by atoms with Crippen molar-refractivity contribution in [1.29, 1.82) is 0 Å². The second-order valence-electron chi connectivity index (χ2n) is 5.38. The molecule has 0 heterocycles. The van der Waals surface area contributed by atoms with Gasteiger partial charge in [0.25, 0.3) is 0 Å². The van der Waals surface area contributed by atoms with Crippen LogP contribution >= 0.6 is 0 Å². The average Bonchev–Trinajstić information content (AvgIpc) is 2.60. The molecule has 4 heteroatoms. The van der Waals surface area contributed by atoms with Crippen LogP contribution in [0.1, 0.15) is 42.1 Å². The molecule has 0 saturated heterocycles. The van der Waals surface area contributed by atoms with Gasteiger partial charge < -0.3 is 9.47 Å². The molecule has 0 unspecified atom stereocenters. The lowest BCUT2D eigenvalue weighted by Gasteiger charge is -2.09. The first-order valence-corrected chi connectivity index (χ1v) is 8.21. The average molecular weight is 326 g/mol. The summed E-state index contributed by atoms with van der Waals surface area (Å²) in [6.07, 6.45) is 2.92. The fourth-order valence-corrected chi connectivity index (χ4v) is 2.35. The van der Waals surface area contributed by atoms with E-state index in [-0.39, 0.29) is 23.9 Å². The second-order valence-corrected chi connectivity index (χ2v) is 5.38. The summed E-state index contributed by atoms with van der Waals surface area (Å²) in [7, 11) is 0. The fourth-order valence-electron chi connectivity index (χ4n) is 2.35. The highest BCUT2D eigenvalue weighted by Crippen LogP contribution is 2.20. The van der Waals surface area contributed by atoms with E-state index in [0.29, 0.717) is 6.42 Å². The van der Waals surface area contributed by atoms with E-state index in [0.717, 1.165) is 19.3 Å². The highest BCUT2D eigenvalue weighted by atomic mass is 16.5. The lowest BCUT2D eigenvalue weighted by molar-refractivity contribution is -0.134. The third-order valence-electron chi connectivity index (χ3n) is 3.55. The van der Waals surface area contributed by atoms with E-state index in [1.807, 2.05) is 18.2 Å². The van der Waals surface area contributed by atoms with Crippen LogP contribution in [-0.4, -0.2) is 18.5 Å². The maximum atomic E-state index is 12.0. The minimum atomic E-state index is -0.482. The molecule has 2 rings (SSSR count). The molecule has 0 aromatic heterocycles. The summed E-state index contributed by atoms with van der Waals surface area (Å²) < 4.78 is 10.3. The number of carbonyl (C=O) groups excluding carboxylic acids is 2. The Balaban J connectivity index is 1.81. The molecule has 0 spiro atoms. The first kappa shape index (κ1) is 17.7. The molecule has 0 radical (unpaired) electrons. The van der Waals surface area contributed by atoms with E-state index >= 15 is 0 Å². The second kappa shape index (κ2) is 9.50. The number of hydrogen-bond acceptors (Lipinski definition) is 4. The van der Waals surface area contributed by atoms with Crippen molar-refractivity contribution in [3.05, 3.63) is 65.7 Å². The minimum Gasteiger partial charge on any atom is -0.462 e. The summed E-state index contributed by atoms with van der Waals surface area (Å²) in [4.78, 5) is 23.8. The molecule has 0 fully saturated rings. The molecular weight excluding hydrogens is 304 g/mol. The molecule has 0 amide bonds. The normalized spacial score (nSPS) is 10.2. The number of carbonyl (C=O) groups is 2. The zero-order valence-electron chi connectivity index (χ0n) is 13.9. The van der Waals surface area contributed by atoms with Crippen LogP contribution < -0.4 is 4.74 Å². The summed E-state index contributed by atoms with van der Waals surface area (Å²) in [5, 5.41) is 0. The Kier molecular flexibility index (Phi) is 7.02. The third-order valence-corrected chi connectivity index (χ3v) is 3.55. The molecule has 0 N–H and O–H groups in total. The van der Waals surface area contributed by atoms with Gasteiger partial charge in [-0.25, -0.2) is 4.79 Å². The summed E-state index contributed by atoms with van der Waals surface area (Å²) in [6.45, 7) is 2.01. The van der Waals surface area contributed by atoms with Crippen LogP contribution in [0.5, 0.6) is 5.75 Å². The van der Waals surface area contributed by atoms with Gasteiger partial charge in [-0.2, -0.15) is 0 Å². The third kappa shape index (κ3) is 5.54. The topological polar surface area (TPSA) is 52.6 Å². The molecule has 0 aliphatic carbocycles. The monoisotopic (exact) mass is 326 g/mol. The molecule has 4 nitrogen and oxygen atoms in total. The van der Waals surface area contributed by atoms with Crippen molar-refractivity contribution in [2.75, 3.05) is 6.61 Å². The van der Waals surface area contributed by atoms with Crippen LogP contribution in [0.2, 0.25) is 0 Å². The molecule has 0 aliphatic heterocycles. The van der Waals surface area contributed by atoms with Gasteiger partial charge in [0.1, 0.15) is 11.3 Å². The van der Waals surface area contributed by atoms with E-state index in [2.05, 4.69) is 12.1 Å². The van der Waals surface area contributed by atoms with E-state index in [9.17, 15) is 9.59 Å². The molecule has 0 atom stereocenters. The number of esters is 2. The Morgan fingerprint density at radius 1 is 0.917 bits per heavy atom. The highest BCUT2D eigenvalue weighted by Gasteiger charge is 2.15. The Hall–Kier alpha value is -2.62. The number of unbranched alkanes of at least 4 members (excludes halogenated alkanes) is 1. The van der Waals surface area contributed by atoms with Crippen LogP contribution in [0.3, 0.4) is 0 Å². The van der Waals surface area contributed by atoms with Gasteiger partial charge in [-0.05, 0) is 43.9 Å². The van der Waals surface area contributed by atoms with Gasteiger partial charge >= 0.3 is 11.9 Å². The molecule has 2 aromatic rings. The maximum absolute atomic E-state index is 12.0. The standard InChI is InChI=1S/C20H22O4/c1-2-23-20(22)17-13-7-8-14-18(17)24-19(21)15-9-6-12-16-10-4-3-5-11-16/h3-5,7-8,10-11,13-14H,2,6,9,12,15H2,1H3. The Morgan fingerprint density at radius 3 is 2.38 bits per heavy atom. The Morgan fingerprint density at radius 2 is 1.62 bits per heavy atom. The van der Waals surface area contributed by atoms with Gasteiger partial charge in [0, 0.05) is 6.42 Å². The minimum absolute atomic E-state index is 0.254.